The molecule has 1 heterocycles. The number of nitrogen functional groups attached to an aromatic ring is 1. The number of amidine groups is 1. The van der Waals surface area contributed by atoms with Gasteiger partial charge in [-0.3, -0.25) is 5.41 Å². The second kappa shape index (κ2) is 5.33. The van der Waals surface area contributed by atoms with E-state index < -0.39 is 0 Å². The number of ether oxygens (including phenoxy) is 1. The Hall–Kier alpha value is -1.65. The van der Waals surface area contributed by atoms with E-state index in [1.165, 1.54) is 0 Å². The number of nitrogens with one attached hydrogen (secondary N) is 1. The maximum atomic E-state index is 7.60. The lowest BCUT2D eigenvalue weighted by atomic mass is 9.93. The number of aromatic nitrogens is 2. The predicted octanol–water partition coefficient (Wildman–Crippen LogP) is 2.19. The average Bonchev–Trinajstić information content (AvgIpc) is 2.21. The highest BCUT2D eigenvalue weighted by molar-refractivity contribution is 5.98. The van der Waals surface area contributed by atoms with Crippen LogP contribution in [0.4, 0.5) is 0 Å². The number of rotatable bonds is 4. The first kappa shape index (κ1) is 14.4. The fraction of sp³-hybridized carbons (Fsp3) is 0.615. The Kier molecular flexibility index (Phi) is 4.27. The van der Waals surface area contributed by atoms with Crippen LogP contribution in [0.5, 0.6) is 5.88 Å². The van der Waals surface area contributed by atoms with Crippen molar-refractivity contribution in [3.8, 4) is 5.88 Å². The maximum Gasteiger partial charge on any atom is 0.244 e. The fourth-order valence-corrected chi connectivity index (χ4v) is 1.46. The smallest absolute Gasteiger partial charge is 0.244 e. The number of aryl methyl sites for hydroxylation is 1. The highest BCUT2D eigenvalue weighted by Crippen LogP contribution is 2.22. The van der Waals surface area contributed by atoms with Gasteiger partial charge in [-0.15, -0.1) is 5.10 Å². The molecule has 1 aromatic heterocycles. The van der Waals surface area contributed by atoms with Crippen LogP contribution in [0.3, 0.4) is 0 Å². The normalized spacial score (nSPS) is 11.4. The minimum Gasteiger partial charge on any atom is -0.476 e. The minimum absolute atomic E-state index is 0.0312. The van der Waals surface area contributed by atoms with Gasteiger partial charge in [0.15, 0.2) is 0 Å². The van der Waals surface area contributed by atoms with Crippen LogP contribution < -0.4 is 10.5 Å². The first-order chi connectivity index (χ1) is 8.22. The lowest BCUT2D eigenvalue weighted by Crippen LogP contribution is -2.19. The second-order valence-corrected chi connectivity index (χ2v) is 5.66. The zero-order chi connectivity index (χ0) is 13.9. The molecule has 1 rings (SSSR count). The highest BCUT2D eigenvalue weighted by Gasteiger charge is 2.16. The quantitative estimate of drug-likeness (QED) is 0.633. The molecule has 0 atom stereocenters. The SMILES string of the molecule is Cc1nnc(OCCC(C)(C)C)c(C(=N)N)c1C. The molecule has 0 spiro atoms. The standard InChI is InChI=1S/C13H22N4O/c1-8-9(2)16-17-12(10(8)11(14)15)18-7-6-13(3,4)5/h6-7H2,1-5H3,(H3,14,15). The fourth-order valence-electron chi connectivity index (χ4n) is 1.46. The van der Waals surface area contributed by atoms with Crippen molar-refractivity contribution in [3.05, 3.63) is 16.8 Å². The molecule has 5 nitrogen and oxygen atoms in total. The minimum atomic E-state index is -0.0312. The Morgan fingerprint density at radius 3 is 2.39 bits per heavy atom. The molecule has 0 unspecified atom stereocenters. The summed E-state index contributed by atoms with van der Waals surface area (Å²) in [7, 11) is 0. The van der Waals surface area contributed by atoms with Crippen molar-refractivity contribution in [2.45, 2.75) is 41.0 Å². The molecule has 0 bridgehead atoms. The summed E-state index contributed by atoms with van der Waals surface area (Å²) in [6.07, 6.45) is 0.902. The molecular formula is C13H22N4O. The Bertz CT molecular complexity index is 449. The van der Waals surface area contributed by atoms with E-state index in [4.69, 9.17) is 15.9 Å². The summed E-state index contributed by atoms with van der Waals surface area (Å²) in [5.74, 6) is 0.325. The van der Waals surface area contributed by atoms with Crippen molar-refractivity contribution in [1.29, 1.82) is 5.41 Å². The summed E-state index contributed by atoms with van der Waals surface area (Å²) in [5.41, 5.74) is 7.94. The lowest BCUT2D eigenvalue weighted by Gasteiger charge is -2.18. The molecule has 0 saturated heterocycles. The van der Waals surface area contributed by atoms with Crippen molar-refractivity contribution in [3.63, 3.8) is 0 Å². The Labute approximate surface area is 108 Å². The van der Waals surface area contributed by atoms with Crippen LogP contribution in [0.15, 0.2) is 0 Å². The zero-order valence-electron chi connectivity index (χ0n) is 11.8. The monoisotopic (exact) mass is 250 g/mol. The van der Waals surface area contributed by atoms with Gasteiger partial charge >= 0.3 is 0 Å². The van der Waals surface area contributed by atoms with Gasteiger partial charge in [0.25, 0.3) is 0 Å². The van der Waals surface area contributed by atoms with Crippen LogP contribution in [0, 0.1) is 24.7 Å². The molecule has 0 aromatic carbocycles. The Morgan fingerprint density at radius 2 is 1.89 bits per heavy atom. The van der Waals surface area contributed by atoms with E-state index in [1.54, 1.807) is 0 Å². The molecule has 5 heteroatoms. The molecule has 0 aliphatic carbocycles. The molecule has 3 N–H and O–H groups in total. The van der Waals surface area contributed by atoms with Crippen LogP contribution in [0.25, 0.3) is 0 Å². The zero-order valence-corrected chi connectivity index (χ0v) is 11.8. The Morgan fingerprint density at radius 1 is 1.28 bits per heavy atom. The van der Waals surface area contributed by atoms with Gasteiger partial charge < -0.3 is 10.5 Å². The third-order valence-electron chi connectivity index (χ3n) is 2.78. The van der Waals surface area contributed by atoms with E-state index in [9.17, 15) is 0 Å². The first-order valence-corrected chi connectivity index (χ1v) is 6.03. The van der Waals surface area contributed by atoms with Crippen molar-refractivity contribution in [1.82, 2.24) is 10.2 Å². The molecule has 0 aliphatic rings. The second-order valence-electron chi connectivity index (χ2n) is 5.66. The molecular weight excluding hydrogens is 228 g/mol. The van der Waals surface area contributed by atoms with Crippen LogP contribution in [0.2, 0.25) is 0 Å². The first-order valence-electron chi connectivity index (χ1n) is 6.03. The van der Waals surface area contributed by atoms with Crippen molar-refractivity contribution < 1.29 is 4.74 Å². The highest BCUT2D eigenvalue weighted by atomic mass is 16.5. The summed E-state index contributed by atoms with van der Waals surface area (Å²) >= 11 is 0. The van der Waals surface area contributed by atoms with Gasteiger partial charge in [-0.1, -0.05) is 20.8 Å². The number of nitrogens with two attached hydrogens (primary N) is 1. The molecule has 0 aliphatic heterocycles. The van der Waals surface area contributed by atoms with Gasteiger partial charge in [0, 0.05) is 0 Å². The van der Waals surface area contributed by atoms with Crippen molar-refractivity contribution >= 4 is 5.84 Å². The van der Waals surface area contributed by atoms with Gasteiger partial charge in [0.1, 0.15) is 5.84 Å². The Balaban J connectivity index is 2.89. The summed E-state index contributed by atoms with van der Waals surface area (Å²) in [5, 5.41) is 15.6. The van der Waals surface area contributed by atoms with Crippen molar-refractivity contribution in [2.75, 3.05) is 6.61 Å². The van der Waals surface area contributed by atoms with E-state index in [2.05, 4.69) is 31.0 Å². The molecule has 1 aromatic rings. The van der Waals surface area contributed by atoms with E-state index >= 15 is 0 Å². The third-order valence-corrected chi connectivity index (χ3v) is 2.78. The van der Waals surface area contributed by atoms with Gasteiger partial charge in [-0.25, -0.2) is 0 Å². The third kappa shape index (κ3) is 3.68. The molecule has 0 radical (unpaired) electrons. The van der Waals surface area contributed by atoms with Crippen LogP contribution in [-0.2, 0) is 0 Å². The van der Waals surface area contributed by atoms with E-state index in [-0.39, 0.29) is 11.3 Å². The molecule has 100 valence electrons. The van der Waals surface area contributed by atoms with Gasteiger partial charge in [-0.05, 0) is 31.2 Å². The topological polar surface area (TPSA) is 84.9 Å². The molecule has 0 saturated carbocycles. The van der Waals surface area contributed by atoms with Gasteiger partial charge in [0.2, 0.25) is 5.88 Å². The number of hydrogen-bond acceptors (Lipinski definition) is 4. The molecule has 0 amide bonds. The summed E-state index contributed by atoms with van der Waals surface area (Å²) < 4.78 is 5.62. The van der Waals surface area contributed by atoms with Crippen LogP contribution in [0.1, 0.15) is 44.0 Å². The van der Waals surface area contributed by atoms with Crippen LogP contribution in [-0.4, -0.2) is 22.6 Å². The predicted molar refractivity (Wildman–Crippen MR) is 72.1 cm³/mol. The number of nitrogens with zero attached hydrogens (tertiary/aromatic N) is 2. The number of hydrogen-bond donors (Lipinski definition) is 2. The van der Waals surface area contributed by atoms with E-state index in [0.29, 0.717) is 18.1 Å². The molecule has 0 fully saturated rings. The summed E-state index contributed by atoms with van der Waals surface area (Å²) in [6, 6.07) is 0. The summed E-state index contributed by atoms with van der Waals surface area (Å²) in [6.45, 7) is 10.7. The lowest BCUT2D eigenvalue weighted by molar-refractivity contribution is 0.234. The summed E-state index contributed by atoms with van der Waals surface area (Å²) in [4.78, 5) is 0. The largest absolute Gasteiger partial charge is 0.476 e. The van der Waals surface area contributed by atoms with Crippen LogP contribution >= 0.6 is 0 Å². The average molecular weight is 250 g/mol. The van der Waals surface area contributed by atoms with E-state index in [0.717, 1.165) is 17.7 Å². The van der Waals surface area contributed by atoms with E-state index in [1.807, 2.05) is 13.8 Å². The molecule has 18 heavy (non-hydrogen) atoms. The van der Waals surface area contributed by atoms with Gasteiger partial charge in [0.05, 0.1) is 17.9 Å². The van der Waals surface area contributed by atoms with Gasteiger partial charge in [-0.2, -0.15) is 5.10 Å². The maximum absolute atomic E-state index is 7.60. The van der Waals surface area contributed by atoms with Crippen molar-refractivity contribution in [2.24, 2.45) is 11.1 Å².